The summed E-state index contributed by atoms with van der Waals surface area (Å²) in [6.07, 6.45) is 0.417. The van der Waals surface area contributed by atoms with Crippen LogP contribution in [0.25, 0.3) is 0 Å². The lowest BCUT2D eigenvalue weighted by Gasteiger charge is -2.34. The SMILES string of the molecule is CN(C(=O)C1CC1C(=O)O)C(C)(C)CO. The summed E-state index contributed by atoms with van der Waals surface area (Å²) in [5.41, 5.74) is -0.636. The van der Waals surface area contributed by atoms with E-state index in [2.05, 4.69) is 0 Å². The Balaban J connectivity index is 2.60. The van der Waals surface area contributed by atoms with Crippen molar-refractivity contribution in [1.29, 1.82) is 0 Å². The number of aliphatic hydroxyl groups excluding tert-OH is 1. The van der Waals surface area contributed by atoms with Crippen molar-refractivity contribution in [2.24, 2.45) is 11.8 Å². The molecule has 2 atom stereocenters. The van der Waals surface area contributed by atoms with Gasteiger partial charge in [-0.15, -0.1) is 0 Å². The van der Waals surface area contributed by atoms with E-state index in [1.54, 1.807) is 20.9 Å². The molecule has 1 rings (SSSR count). The average Bonchev–Trinajstić information content (AvgIpc) is 2.95. The first kappa shape index (κ1) is 12.0. The fraction of sp³-hybridized carbons (Fsp3) is 0.800. The third-order valence-corrected chi connectivity index (χ3v) is 3.05. The molecule has 0 aromatic carbocycles. The van der Waals surface area contributed by atoms with Gasteiger partial charge in [0.05, 0.1) is 24.0 Å². The van der Waals surface area contributed by atoms with Gasteiger partial charge in [-0.05, 0) is 20.3 Å². The van der Waals surface area contributed by atoms with Gasteiger partial charge in [0.1, 0.15) is 0 Å². The number of carboxylic acids is 1. The number of hydrogen-bond acceptors (Lipinski definition) is 3. The van der Waals surface area contributed by atoms with E-state index in [1.807, 2.05) is 0 Å². The van der Waals surface area contributed by atoms with E-state index in [1.165, 1.54) is 4.90 Å². The van der Waals surface area contributed by atoms with Crippen LogP contribution in [0.3, 0.4) is 0 Å². The number of aliphatic hydroxyl groups is 1. The number of aliphatic carboxylic acids is 1. The molecule has 0 saturated heterocycles. The van der Waals surface area contributed by atoms with Crippen LogP contribution in [-0.2, 0) is 9.59 Å². The zero-order valence-electron chi connectivity index (χ0n) is 9.23. The molecule has 2 unspecified atom stereocenters. The Morgan fingerprint density at radius 1 is 1.40 bits per heavy atom. The highest BCUT2D eigenvalue weighted by Gasteiger charge is 2.50. The van der Waals surface area contributed by atoms with Crippen LogP contribution in [0.15, 0.2) is 0 Å². The molecule has 0 aliphatic heterocycles. The first-order valence-electron chi connectivity index (χ1n) is 4.92. The van der Waals surface area contributed by atoms with Crippen molar-refractivity contribution in [3.8, 4) is 0 Å². The van der Waals surface area contributed by atoms with Gasteiger partial charge in [0, 0.05) is 7.05 Å². The van der Waals surface area contributed by atoms with Crippen molar-refractivity contribution in [2.45, 2.75) is 25.8 Å². The van der Waals surface area contributed by atoms with Crippen molar-refractivity contribution in [2.75, 3.05) is 13.7 Å². The summed E-state index contributed by atoms with van der Waals surface area (Å²) in [5.74, 6) is -2.04. The smallest absolute Gasteiger partial charge is 0.307 e. The average molecular weight is 215 g/mol. The van der Waals surface area contributed by atoms with Crippen molar-refractivity contribution < 1.29 is 19.8 Å². The number of hydrogen-bond donors (Lipinski definition) is 2. The molecule has 1 aliphatic carbocycles. The molecule has 0 spiro atoms. The maximum atomic E-state index is 11.8. The second-order valence-corrected chi connectivity index (χ2v) is 4.65. The van der Waals surface area contributed by atoms with Crippen LogP contribution >= 0.6 is 0 Å². The quantitative estimate of drug-likeness (QED) is 0.688. The number of rotatable bonds is 4. The first-order valence-corrected chi connectivity index (χ1v) is 4.92. The summed E-state index contributed by atoms with van der Waals surface area (Å²) < 4.78 is 0. The van der Waals surface area contributed by atoms with Crippen molar-refractivity contribution in [1.82, 2.24) is 4.90 Å². The number of likely N-dealkylation sites (N-methyl/N-ethyl adjacent to an activating group) is 1. The third-order valence-electron chi connectivity index (χ3n) is 3.05. The standard InChI is InChI=1S/C10H17NO4/c1-10(2,5-12)11(3)8(13)6-4-7(6)9(14)15/h6-7,12H,4-5H2,1-3H3,(H,14,15). The summed E-state index contributed by atoms with van der Waals surface area (Å²) in [6.45, 7) is 3.34. The minimum Gasteiger partial charge on any atom is -0.481 e. The van der Waals surface area contributed by atoms with E-state index >= 15 is 0 Å². The summed E-state index contributed by atoms with van der Waals surface area (Å²) >= 11 is 0. The van der Waals surface area contributed by atoms with Crippen LogP contribution < -0.4 is 0 Å². The summed E-state index contributed by atoms with van der Waals surface area (Å²) in [5, 5.41) is 17.8. The van der Waals surface area contributed by atoms with Crippen LogP contribution in [0, 0.1) is 11.8 Å². The van der Waals surface area contributed by atoms with Crippen LogP contribution in [0.5, 0.6) is 0 Å². The second-order valence-electron chi connectivity index (χ2n) is 4.65. The lowest BCUT2D eigenvalue weighted by molar-refractivity contribution is -0.143. The predicted octanol–water partition coefficient (Wildman–Crippen LogP) is -0.0636. The molecular weight excluding hydrogens is 198 g/mol. The fourth-order valence-electron chi connectivity index (χ4n) is 1.39. The van der Waals surface area contributed by atoms with Gasteiger partial charge in [0.25, 0.3) is 0 Å². The normalized spacial score (nSPS) is 24.8. The topological polar surface area (TPSA) is 77.8 Å². The number of amides is 1. The Hall–Kier alpha value is -1.10. The number of carbonyl (C=O) groups is 2. The highest BCUT2D eigenvalue weighted by molar-refractivity contribution is 5.89. The molecule has 1 saturated carbocycles. The second kappa shape index (κ2) is 3.81. The highest BCUT2D eigenvalue weighted by atomic mass is 16.4. The first-order chi connectivity index (χ1) is 6.81. The molecule has 15 heavy (non-hydrogen) atoms. The third kappa shape index (κ3) is 2.28. The van der Waals surface area contributed by atoms with E-state index in [0.29, 0.717) is 6.42 Å². The molecule has 0 aromatic rings. The fourth-order valence-corrected chi connectivity index (χ4v) is 1.39. The minimum atomic E-state index is -0.913. The lowest BCUT2D eigenvalue weighted by Crippen LogP contribution is -2.48. The molecule has 5 heteroatoms. The Morgan fingerprint density at radius 3 is 2.27 bits per heavy atom. The Labute approximate surface area is 88.7 Å². The zero-order valence-corrected chi connectivity index (χ0v) is 9.23. The number of carbonyl (C=O) groups excluding carboxylic acids is 1. The van der Waals surface area contributed by atoms with Crippen LogP contribution in [0.2, 0.25) is 0 Å². The molecule has 0 heterocycles. The van der Waals surface area contributed by atoms with Crippen LogP contribution in [0.4, 0.5) is 0 Å². The van der Waals surface area contributed by atoms with E-state index < -0.39 is 23.3 Å². The molecule has 86 valence electrons. The van der Waals surface area contributed by atoms with Gasteiger partial charge < -0.3 is 15.1 Å². The predicted molar refractivity (Wildman–Crippen MR) is 53.2 cm³/mol. The molecule has 1 amide bonds. The summed E-state index contributed by atoms with van der Waals surface area (Å²) in [7, 11) is 1.59. The van der Waals surface area contributed by atoms with Crippen molar-refractivity contribution in [3.05, 3.63) is 0 Å². The molecular formula is C10H17NO4. The zero-order chi connectivity index (χ0) is 11.8. The highest BCUT2D eigenvalue weighted by Crippen LogP contribution is 2.40. The van der Waals surface area contributed by atoms with E-state index in [4.69, 9.17) is 10.2 Å². The van der Waals surface area contributed by atoms with Crippen molar-refractivity contribution >= 4 is 11.9 Å². The van der Waals surface area contributed by atoms with Crippen LogP contribution in [-0.4, -0.2) is 46.2 Å². The largest absolute Gasteiger partial charge is 0.481 e. The molecule has 0 aromatic heterocycles. The van der Waals surface area contributed by atoms with Gasteiger partial charge in [0.2, 0.25) is 5.91 Å². The molecule has 1 fully saturated rings. The molecule has 5 nitrogen and oxygen atoms in total. The molecule has 1 aliphatic rings. The molecule has 2 N–H and O–H groups in total. The number of carboxylic acid groups (broad SMARTS) is 1. The van der Waals surface area contributed by atoms with E-state index in [9.17, 15) is 9.59 Å². The minimum absolute atomic E-state index is 0.139. The Kier molecular flexibility index (Phi) is 3.04. The maximum Gasteiger partial charge on any atom is 0.307 e. The lowest BCUT2D eigenvalue weighted by atomic mass is 10.0. The van der Waals surface area contributed by atoms with Gasteiger partial charge in [-0.2, -0.15) is 0 Å². The Morgan fingerprint density at radius 2 is 1.93 bits per heavy atom. The van der Waals surface area contributed by atoms with E-state index in [-0.39, 0.29) is 12.5 Å². The van der Waals surface area contributed by atoms with Gasteiger partial charge >= 0.3 is 5.97 Å². The van der Waals surface area contributed by atoms with Gasteiger partial charge in [0.15, 0.2) is 0 Å². The van der Waals surface area contributed by atoms with Gasteiger partial charge in [-0.3, -0.25) is 9.59 Å². The maximum absolute atomic E-state index is 11.8. The summed E-state index contributed by atoms with van der Waals surface area (Å²) in [4.78, 5) is 23.8. The van der Waals surface area contributed by atoms with E-state index in [0.717, 1.165) is 0 Å². The summed E-state index contributed by atoms with van der Waals surface area (Å²) in [6, 6.07) is 0. The number of nitrogens with zero attached hydrogens (tertiary/aromatic N) is 1. The molecule has 0 bridgehead atoms. The van der Waals surface area contributed by atoms with Gasteiger partial charge in [-0.1, -0.05) is 0 Å². The monoisotopic (exact) mass is 215 g/mol. The Bertz CT molecular complexity index is 287. The van der Waals surface area contributed by atoms with Gasteiger partial charge in [-0.25, -0.2) is 0 Å². The van der Waals surface area contributed by atoms with Crippen molar-refractivity contribution in [3.63, 3.8) is 0 Å². The molecule has 0 radical (unpaired) electrons. The van der Waals surface area contributed by atoms with Crippen LogP contribution in [0.1, 0.15) is 20.3 Å².